The summed E-state index contributed by atoms with van der Waals surface area (Å²) in [6, 6.07) is 3.66. The summed E-state index contributed by atoms with van der Waals surface area (Å²) in [5.74, 6) is 1.13. The quantitative estimate of drug-likeness (QED) is 0.635. The Morgan fingerprint density at radius 3 is 2.84 bits per heavy atom. The number of hydrogen-bond acceptors (Lipinski definition) is 5. The highest BCUT2D eigenvalue weighted by Gasteiger charge is 2.17. The van der Waals surface area contributed by atoms with Crippen LogP contribution in [0.1, 0.15) is 24.8 Å². The molecule has 138 valence electrons. The van der Waals surface area contributed by atoms with Gasteiger partial charge in [-0.15, -0.1) is 0 Å². The van der Waals surface area contributed by atoms with Crippen LogP contribution in [0.15, 0.2) is 18.3 Å². The predicted molar refractivity (Wildman–Crippen MR) is 97.8 cm³/mol. The third-order valence-electron chi connectivity index (χ3n) is 4.78. The van der Waals surface area contributed by atoms with Crippen molar-refractivity contribution >= 4 is 18.1 Å². The van der Waals surface area contributed by atoms with Gasteiger partial charge >= 0.3 is 0 Å². The lowest BCUT2D eigenvalue weighted by molar-refractivity contribution is -0.134. The number of hydrogen-bond donors (Lipinski definition) is 2. The average molecular weight is 347 g/mol. The molecule has 1 aliphatic heterocycles. The first kappa shape index (κ1) is 19.2. The van der Waals surface area contributed by atoms with E-state index in [0.29, 0.717) is 24.7 Å². The maximum atomic E-state index is 12.3. The van der Waals surface area contributed by atoms with Gasteiger partial charge in [-0.25, -0.2) is 4.98 Å². The van der Waals surface area contributed by atoms with Crippen LogP contribution in [0.25, 0.3) is 0 Å². The fourth-order valence-electron chi connectivity index (χ4n) is 3.06. The van der Waals surface area contributed by atoms with E-state index < -0.39 is 0 Å². The van der Waals surface area contributed by atoms with Gasteiger partial charge in [-0.3, -0.25) is 9.59 Å². The molecule has 1 fully saturated rings. The summed E-state index contributed by atoms with van der Waals surface area (Å²) < 4.78 is 0. The maximum absolute atomic E-state index is 12.3. The summed E-state index contributed by atoms with van der Waals surface area (Å²) in [5, 5.41) is 3.35. The molecule has 3 N–H and O–H groups in total. The number of aromatic nitrogens is 1. The van der Waals surface area contributed by atoms with Crippen molar-refractivity contribution in [3.63, 3.8) is 0 Å². The number of rotatable bonds is 9. The number of amides is 2. The second-order valence-corrected chi connectivity index (χ2v) is 6.71. The number of nitrogens with two attached hydrogens (primary N) is 1. The molecule has 1 aromatic heterocycles. The lowest BCUT2D eigenvalue weighted by atomic mass is 9.94. The number of pyridine rings is 1. The van der Waals surface area contributed by atoms with Crippen LogP contribution in [0.2, 0.25) is 0 Å². The Labute approximate surface area is 149 Å². The number of likely N-dealkylation sites (N-methyl/N-ethyl adjacent to an activating group) is 1. The predicted octanol–water partition coefficient (Wildman–Crippen LogP) is 0.513. The van der Waals surface area contributed by atoms with E-state index in [1.54, 1.807) is 17.2 Å². The molecule has 0 atom stereocenters. The molecular weight excluding hydrogens is 318 g/mol. The number of carbonyl (C=O) groups is 2. The lowest BCUT2D eigenvalue weighted by Gasteiger charge is -2.26. The molecule has 1 aromatic rings. The van der Waals surface area contributed by atoms with Gasteiger partial charge in [0, 0.05) is 26.3 Å². The van der Waals surface area contributed by atoms with Gasteiger partial charge in [0.25, 0.3) is 0 Å². The smallest absolute Gasteiger partial charge is 0.241 e. The molecular formula is C18H29N5O2. The van der Waals surface area contributed by atoms with Gasteiger partial charge in [-0.2, -0.15) is 0 Å². The van der Waals surface area contributed by atoms with Crippen molar-refractivity contribution in [2.75, 3.05) is 45.5 Å². The standard InChI is InChI=1S/C18H29N5O2/c1-22(10-5-15-2-7-20-8-3-15)18(25)13-23(14-24)11-6-16-4-9-21-17(19)12-16/h4,9,12,14-15,20H,2-3,5-8,10-11,13H2,1H3,(H2,19,21). The SMILES string of the molecule is CN(CCC1CCNCC1)C(=O)CN(C=O)CCc1ccnc(N)c1. The number of carbonyl (C=O) groups excluding carboxylic acids is 2. The van der Waals surface area contributed by atoms with Crippen LogP contribution >= 0.6 is 0 Å². The molecule has 2 heterocycles. The van der Waals surface area contributed by atoms with Crippen LogP contribution in [-0.4, -0.2) is 66.9 Å². The van der Waals surface area contributed by atoms with E-state index in [-0.39, 0.29) is 12.5 Å². The number of nitrogens with zero attached hydrogens (tertiary/aromatic N) is 3. The van der Waals surface area contributed by atoms with E-state index in [2.05, 4.69) is 10.3 Å². The summed E-state index contributed by atoms with van der Waals surface area (Å²) in [5.41, 5.74) is 6.66. The molecule has 0 saturated carbocycles. The molecule has 7 heteroatoms. The largest absolute Gasteiger partial charge is 0.384 e. The van der Waals surface area contributed by atoms with Crippen LogP contribution < -0.4 is 11.1 Å². The minimum atomic E-state index is -0.0183. The third-order valence-corrected chi connectivity index (χ3v) is 4.78. The fourth-order valence-corrected chi connectivity index (χ4v) is 3.06. The van der Waals surface area contributed by atoms with E-state index >= 15 is 0 Å². The van der Waals surface area contributed by atoms with E-state index in [0.717, 1.165) is 38.0 Å². The Morgan fingerprint density at radius 2 is 2.16 bits per heavy atom. The number of nitrogen functional groups attached to an aromatic ring is 1. The molecule has 25 heavy (non-hydrogen) atoms. The number of nitrogens with one attached hydrogen (secondary N) is 1. The van der Waals surface area contributed by atoms with E-state index in [1.807, 2.05) is 13.1 Å². The van der Waals surface area contributed by atoms with E-state index in [4.69, 9.17) is 5.73 Å². The van der Waals surface area contributed by atoms with Crippen LogP contribution in [0.5, 0.6) is 0 Å². The van der Waals surface area contributed by atoms with Crippen molar-refractivity contribution in [1.29, 1.82) is 0 Å². The maximum Gasteiger partial charge on any atom is 0.241 e. The zero-order chi connectivity index (χ0) is 18.1. The van der Waals surface area contributed by atoms with Gasteiger partial charge < -0.3 is 20.9 Å². The Morgan fingerprint density at radius 1 is 1.40 bits per heavy atom. The summed E-state index contributed by atoms with van der Waals surface area (Å²) in [4.78, 5) is 30.8. The topological polar surface area (TPSA) is 91.6 Å². The van der Waals surface area contributed by atoms with E-state index in [1.165, 1.54) is 17.7 Å². The molecule has 0 aliphatic carbocycles. The van der Waals surface area contributed by atoms with Gasteiger partial charge in [0.1, 0.15) is 5.82 Å². The highest BCUT2D eigenvalue weighted by molar-refractivity contribution is 5.79. The highest BCUT2D eigenvalue weighted by Crippen LogP contribution is 2.16. The van der Waals surface area contributed by atoms with Gasteiger partial charge in [0.2, 0.25) is 12.3 Å². The van der Waals surface area contributed by atoms with E-state index in [9.17, 15) is 9.59 Å². The first-order valence-electron chi connectivity index (χ1n) is 8.93. The zero-order valence-corrected chi connectivity index (χ0v) is 15.0. The Hall–Kier alpha value is -2.15. The minimum Gasteiger partial charge on any atom is -0.384 e. The van der Waals surface area contributed by atoms with Crippen molar-refractivity contribution in [3.8, 4) is 0 Å². The lowest BCUT2D eigenvalue weighted by Crippen LogP contribution is -2.40. The summed E-state index contributed by atoms with van der Waals surface area (Å²) >= 11 is 0. The molecule has 7 nitrogen and oxygen atoms in total. The highest BCUT2D eigenvalue weighted by atomic mass is 16.2. The summed E-state index contributed by atoms with van der Waals surface area (Å²) in [6.45, 7) is 3.49. The van der Waals surface area contributed by atoms with Crippen molar-refractivity contribution in [3.05, 3.63) is 23.9 Å². The van der Waals surface area contributed by atoms with Crippen molar-refractivity contribution in [2.45, 2.75) is 25.7 Å². The summed E-state index contributed by atoms with van der Waals surface area (Å²) in [6.07, 6.45) is 6.42. The molecule has 0 unspecified atom stereocenters. The summed E-state index contributed by atoms with van der Waals surface area (Å²) in [7, 11) is 1.82. The Bertz CT molecular complexity index is 560. The monoisotopic (exact) mass is 347 g/mol. The minimum absolute atomic E-state index is 0.0183. The fraction of sp³-hybridized carbons (Fsp3) is 0.611. The molecule has 2 rings (SSSR count). The second kappa shape index (κ2) is 9.98. The van der Waals surface area contributed by atoms with Gasteiger partial charge in [-0.1, -0.05) is 0 Å². The molecule has 0 bridgehead atoms. The van der Waals surface area contributed by atoms with Crippen LogP contribution in [0.4, 0.5) is 5.82 Å². The van der Waals surface area contributed by atoms with Gasteiger partial charge in [-0.05, 0) is 62.4 Å². The molecule has 2 amide bonds. The molecule has 0 aromatic carbocycles. The van der Waals surface area contributed by atoms with Gasteiger partial charge in [0.15, 0.2) is 0 Å². The third kappa shape index (κ3) is 6.70. The second-order valence-electron chi connectivity index (χ2n) is 6.71. The van der Waals surface area contributed by atoms with Crippen molar-refractivity contribution in [1.82, 2.24) is 20.1 Å². The molecule has 0 radical (unpaired) electrons. The van der Waals surface area contributed by atoms with Crippen LogP contribution in [0, 0.1) is 5.92 Å². The van der Waals surface area contributed by atoms with Crippen LogP contribution in [0.3, 0.4) is 0 Å². The first-order chi connectivity index (χ1) is 12.1. The van der Waals surface area contributed by atoms with Crippen molar-refractivity contribution < 1.29 is 9.59 Å². The molecule has 1 saturated heterocycles. The normalized spacial score (nSPS) is 14.9. The van der Waals surface area contributed by atoms with Crippen LogP contribution in [-0.2, 0) is 16.0 Å². The van der Waals surface area contributed by atoms with Crippen molar-refractivity contribution in [2.24, 2.45) is 5.92 Å². The number of piperidine rings is 1. The number of anilines is 1. The van der Waals surface area contributed by atoms with Gasteiger partial charge in [0.05, 0.1) is 6.54 Å². The first-order valence-corrected chi connectivity index (χ1v) is 8.93. The molecule has 0 spiro atoms. The zero-order valence-electron chi connectivity index (χ0n) is 15.0. The average Bonchev–Trinajstić information content (AvgIpc) is 2.63. The Kier molecular flexibility index (Phi) is 7.66. The Balaban J connectivity index is 1.73. The molecule has 1 aliphatic rings.